The lowest BCUT2D eigenvalue weighted by Crippen LogP contribution is -2.40. The van der Waals surface area contributed by atoms with E-state index in [0.29, 0.717) is 18.5 Å². The van der Waals surface area contributed by atoms with E-state index in [2.05, 4.69) is 10.6 Å². The predicted molar refractivity (Wildman–Crippen MR) is 97.0 cm³/mol. The number of methoxy groups -OCH3 is 1. The highest BCUT2D eigenvalue weighted by molar-refractivity contribution is 5.89. The molecule has 2 amide bonds. The molecule has 2 N–H and O–H groups in total. The van der Waals surface area contributed by atoms with Crippen LogP contribution in [0.25, 0.3) is 0 Å². The Bertz CT molecular complexity index is 806. The minimum Gasteiger partial charge on any atom is -0.490 e. The van der Waals surface area contributed by atoms with Crippen LogP contribution >= 0.6 is 0 Å². The van der Waals surface area contributed by atoms with Crippen molar-refractivity contribution in [1.82, 2.24) is 10.6 Å². The van der Waals surface area contributed by atoms with Gasteiger partial charge in [-0.1, -0.05) is 30.3 Å². The van der Waals surface area contributed by atoms with Crippen LogP contribution in [0.15, 0.2) is 48.5 Å². The fourth-order valence-corrected chi connectivity index (χ4v) is 3.05. The molecule has 0 aromatic heterocycles. The van der Waals surface area contributed by atoms with Crippen LogP contribution in [0, 0.1) is 0 Å². The molecule has 6 heteroatoms. The van der Waals surface area contributed by atoms with Gasteiger partial charge in [-0.15, -0.1) is 0 Å². The molecular formula is C20H22N2O4. The van der Waals surface area contributed by atoms with Gasteiger partial charge in [0.05, 0.1) is 24.8 Å². The van der Waals surface area contributed by atoms with E-state index in [9.17, 15) is 9.59 Å². The SMILES string of the molecule is COC(=O)c1cccc(CNC(=O)N[C@@H]2C[C@@H](C)Oc3ccccc32)c1. The van der Waals surface area contributed by atoms with Gasteiger partial charge in [-0.2, -0.15) is 0 Å². The molecular weight excluding hydrogens is 332 g/mol. The number of benzene rings is 2. The molecule has 3 rings (SSSR count). The Morgan fingerprint density at radius 2 is 2.00 bits per heavy atom. The molecule has 136 valence electrons. The van der Waals surface area contributed by atoms with E-state index in [4.69, 9.17) is 9.47 Å². The minimum atomic E-state index is -0.399. The summed E-state index contributed by atoms with van der Waals surface area (Å²) in [5.74, 6) is 0.409. The lowest BCUT2D eigenvalue weighted by molar-refractivity contribution is 0.0600. The Kier molecular flexibility index (Phi) is 5.41. The Balaban J connectivity index is 1.61. The average molecular weight is 354 g/mol. The van der Waals surface area contributed by atoms with E-state index in [-0.39, 0.29) is 18.2 Å². The molecule has 2 atom stereocenters. The maximum Gasteiger partial charge on any atom is 0.337 e. The monoisotopic (exact) mass is 354 g/mol. The highest BCUT2D eigenvalue weighted by atomic mass is 16.5. The Labute approximate surface area is 152 Å². The molecule has 0 saturated carbocycles. The molecule has 0 radical (unpaired) electrons. The third kappa shape index (κ3) is 4.14. The molecule has 0 aliphatic carbocycles. The second-order valence-electron chi connectivity index (χ2n) is 6.27. The van der Waals surface area contributed by atoms with Crippen molar-refractivity contribution in [3.63, 3.8) is 0 Å². The molecule has 2 aromatic rings. The molecule has 6 nitrogen and oxygen atoms in total. The van der Waals surface area contributed by atoms with Crippen LogP contribution in [0.4, 0.5) is 4.79 Å². The topological polar surface area (TPSA) is 76.7 Å². The fraction of sp³-hybridized carbons (Fsp3) is 0.300. The van der Waals surface area contributed by atoms with Crippen LogP contribution in [-0.4, -0.2) is 25.2 Å². The van der Waals surface area contributed by atoms with Gasteiger partial charge in [0, 0.05) is 18.5 Å². The van der Waals surface area contributed by atoms with E-state index < -0.39 is 5.97 Å². The number of urea groups is 1. The summed E-state index contributed by atoms with van der Waals surface area (Å²) in [7, 11) is 1.34. The zero-order chi connectivity index (χ0) is 18.5. The van der Waals surface area contributed by atoms with E-state index in [0.717, 1.165) is 16.9 Å². The summed E-state index contributed by atoms with van der Waals surface area (Å²) in [6.45, 7) is 2.30. The maximum absolute atomic E-state index is 12.3. The largest absolute Gasteiger partial charge is 0.490 e. The summed E-state index contributed by atoms with van der Waals surface area (Å²) in [5, 5.41) is 5.84. The van der Waals surface area contributed by atoms with Gasteiger partial charge in [0.2, 0.25) is 0 Å². The molecule has 0 fully saturated rings. The molecule has 0 unspecified atom stereocenters. The quantitative estimate of drug-likeness (QED) is 0.827. The lowest BCUT2D eigenvalue weighted by Gasteiger charge is -2.30. The number of rotatable bonds is 4. The third-order valence-electron chi connectivity index (χ3n) is 4.30. The zero-order valence-corrected chi connectivity index (χ0v) is 14.8. The molecule has 1 aliphatic rings. The first-order valence-electron chi connectivity index (χ1n) is 8.54. The smallest absolute Gasteiger partial charge is 0.337 e. The van der Waals surface area contributed by atoms with Crippen molar-refractivity contribution in [3.8, 4) is 5.75 Å². The first-order valence-corrected chi connectivity index (χ1v) is 8.54. The number of carbonyl (C=O) groups excluding carboxylic acids is 2. The van der Waals surface area contributed by atoms with Crippen molar-refractivity contribution in [1.29, 1.82) is 0 Å². The van der Waals surface area contributed by atoms with Crippen molar-refractivity contribution < 1.29 is 19.1 Å². The van der Waals surface area contributed by atoms with Gasteiger partial charge < -0.3 is 20.1 Å². The van der Waals surface area contributed by atoms with Crippen molar-refractivity contribution in [2.45, 2.75) is 32.0 Å². The predicted octanol–water partition coefficient (Wildman–Crippen LogP) is 3.18. The van der Waals surface area contributed by atoms with Gasteiger partial charge in [0.15, 0.2) is 0 Å². The van der Waals surface area contributed by atoms with Crippen LogP contribution in [0.5, 0.6) is 5.75 Å². The van der Waals surface area contributed by atoms with Crippen LogP contribution in [0.2, 0.25) is 0 Å². The summed E-state index contributed by atoms with van der Waals surface area (Å²) in [6, 6.07) is 14.4. The summed E-state index contributed by atoms with van der Waals surface area (Å²) < 4.78 is 10.5. The van der Waals surface area contributed by atoms with Crippen LogP contribution in [0.3, 0.4) is 0 Å². The lowest BCUT2D eigenvalue weighted by atomic mass is 9.97. The second-order valence-corrected chi connectivity index (χ2v) is 6.27. The van der Waals surface area contributed by atoms with Gasteiger partial charge in [-0.3, -0.25) is 0 Å². The Hall–Kier alpha value is -3.02. The van der Waals surface area contributed by atoms with Crippen molar-refractivity contribution in [3.05, 3.63) is 65.2 Å². The van der Waals surface area contributed by atoms with E-state index in [1.54, 1.807) is 18.2 Å². The number of ether oxygens (including phenoxy) is 2. The number of fused-ring (bicyclic) bond motifs is 1. The van der Waals surface area contributed by atoms with Crippen molar-refractivity contribution >= 4 is 12.0 Å². The third-order valence-corrected chi connectivity index (χ3v) is 4.30. The van der Waals surface area contributed by atoms with Gasteiger partial charge in [-0.05, 0) is 30.7 Å². The molecule has 1 aliphatic heterocycles. The van der Waals surface area contributed by atoms with Crippen molar-refractivity contribution in [2.24, 2.45) is 0 Å². The molecule has 0 bridgehead atoms. The number of nitrogens with one attached hydrogen (secondary N) is 2. The normalized spacial score (nSPS) is 18.2. The summed E-state index contributed by atoms with van der Waals surface area (Å²) in [5.41, 5.74) is 2.26. The second kappa shape index (κ2) is 7.91. The van der Waals surface area contributed by atoms with Gasteiger partial charge >= 0.3 is 12.0 Å². The minimum absolute atomic E-state index is 0.0342. The molecule has 0 spiro atoms. The van der Waals surface area contributed by atoms with Gasteiger partial charge in [-0.25, -0.2) is 9.59 Å². The summed E-state index contributed by atoms with van der Waals surface area (Å²) in [4.78, 5) is 23.9. The number of hydrogen-bond acceptors (Lipinski definition) is 4. The summed E-state index contributed by atoms with van der Waals surface area (Å²) in [6.07, 6.45) is 0.745. The fourth-order valence-electron chi connectivity index (χ4n) is 3.05. The van der Waals surface area contributed by atoms with Crippen LogP contribution in [0.1, 0.15) is 40.9 Å². The van der Waals surface area contributed by atoms with Gasteiger partial charge in [0.25, 0.3) is 0 Å². The highest BCUT2D eigenvalue weighted by Gasteiger charge is 2.26. The van der Waals surface area contributed by atoms with Crippen LogP contribution < -0.4 is 15.4 Å². The van der Waals surface area contributed by atoms with Gasteiger partial charge in [0.1, 0.15) is 5.75 Å². The van der Waals surface area contributed by atoms with Crippen molar-refractivity contribution in [2.75, 3.05) is 7.11 Å². The zero-order valence-electron chi connectivity index (χ0n) is 14.8. The standard InChI is InChI=1S/C20H22N2O4/c1-13-10-17(16-8-3-4-9-18(16)26-13)22-20(24)21-12-14-6-5-7-15(11-14)19(23)25-2/h3-9,11,13,17H,10,12H2,1-2H3,(H2,21,22,24)/t13-,17-/m1/s1. The number of esters is 1. The van der Waals surface area contributed by atoms with E-state index >= 15 is 0 Å². The number of para-hydroxylation sites is 1. The van der Waals surface area contributed by atoms with Crippen LogP contribution in [-0.2, 0) is 11.3 Å². The molecule has 1 heterocycles. The Morgan fingerprint density at radius 1 is 1.19 bits per heavy atom. The number of carbonyl (C=O) groups is 2. The highest BCUT2D eigenvalue weighted by Crippen LogP contribution is 2.34. The molecule has 0 saturated heterocycles. The van der Waals surface area contributed by atoms with E-state index in [1.807, 2.05) is 37.3 Å². The molecule has 2 aromatic carbocycles. The maximum atomic E-state index is 12.3. The first-order chi connectivity index (χ1) is 12.6. The summed E-state index contributed by atoms with van der Waals surface area (Å²) >= 11 is 0. The molecule has 26 heavy (non-hydrogen) atoms. The first kappa shape index (κ1) is 17.8. The average Bonchev–Trinajstić information content (AvgIpc) is 2.66. The van der Waals surface area contributed by atoms with E-state index in [1.165, 1.54) is 7.11 Å². The Morgan fingerprint density at radius 3 is 2.81 bits per heavy atom. The number of hydrogen-bond donors (Lipinski definition) is 2. The number of amides is 2.